The van der Waals surface area contributed by atoms with E-state index in [0.29, 0.717) is 0 Å². The van der Waals surface area contributed by atoms with E-state index in [1.807, 2.05) is 23.4 Å². The quantitative estimate of drug-likeness (QED) is 0.769. The van der Waals surface area contributed by atoms with Crippen molar-refractivity contribution in [1.82, 2.24) is 10.4 Å². The summed E-state index contributed by atoms with van der Waals surface area (Å²) in [5, 5.41) is 2.00. The molecule has 2 aliphatic rings. The van der Waals surface area contributed by atoms with E-state index < -0.39 is 0 Å². The predicted octanol–water partition coefficient (Wildman–Crippen LogP) is 1.97. The summed E-state index contributed by atoms with van der Waals surface area (Å²) in [6.45, 7) is 2.09. The highest BCUT2D eigenvalue weighted by molar-refractivity contribution is 5.99. The van der Waals surface area contributed by atoms with Crippen molar-refractivity contribution in [2.45, 2.75) is 13.1 Å². The van der Waals surface area contributed by atoms with E-state index >= 15 is 0 Å². The molecule has 0 bridgehead atoms. The lowest BCUT2D eigenvalue weighted by Gasteiger charge is -2.20. The van der Waals surface area contributed by atoms with Crippen LogP contribution in [0.3, 0.4) is 0 Å². The highest BCUT2D eigenvalue weighted by Crippen LogP contribution is 2.15. The molecule has 1 unspecified atom stereocenters. The number of aliphatic imine (C=N–C) groups is 1. The molecule has 2 aliphatic heterocycles. The molecule has 0 saturated carbocycles. The van der Waals surface area contributed by atoms with Crippen molar-refractivity contribution in [3.63, 3.8) is 0 Å². The van der Waals surface area contributed by atoms with Crippen molar-refractivity contribution in [1.29, 1.82) is 0 Å². The van der Waals surface area contributed by atoms with Crippen LogP contribution in [-0.4, -0.2) is 17.0 Å². The molecule has 0 saturated heterocycles. The second-order valence-electron chi connectivity index (χ2n) is 4.00. The Bertz CT molecular complexity index is 482. The van der Waals surface area contributed by atoms with Crippen molar-refractivity contribution in [2.75, 3.05) is 0 Å². The largest absolute Gasteiger partial charge is 0.280 e. The summed E-state index contributed by atoms with van der Waals surface area (Å²) in [5.74, 6) is 0.932. The molecule has 0 amide bonds. The number of allylic oxidation sites excluding steroid dienone is 2. The summed E-state index contributed by atoms with van der Waals surface area (Å²) in [6, 6.07) is 8.38. The van der Waals surface area contributed by atoms with E-state index in [9.17, 15) is 0 Å². The Balaban J connectivity index is 1.90. The highest BCUT2D eigenvalue weighted by atomic mass is 15.6. The Labute approximate surface area is 94.8 Å². The van der Waals surface area contributed by atoms with Gasteiger partial charge in [0.05, 0.1) is 0 Å². The maximum absolute atomic E-state index is 4.60. The first-order valence-corrected chi connectivity index (χ1v) is 5.38. The number of aryl methyl sites for hydroxylation is 1. The van der Waals surface area contributed by atoms with Crippen LogP contribution in [0, 0.1) is 6.92 Å². The van der Waals surface area contributed by atoms with Gasteiger partial charge in [0.2, 0.25) is 0 Å². The molecule has 1 aromatic rings. The molecule has 0 spiro atoms. The minimum absolute atomic E-state index is 0.0984. The Morgan fingerprint density at radius 2 is 2.00 bits per heavy atom. The summed E-state index contributed by atoms with van der Waals surface area (Å²) in [7, 11) is 0. The Morgan fingerprint density at radius 1 is 1.19 bits per heavy atom. The van der Waals surface area contributed by atoms with Gasteiger partial charge in [-0.05, 0) is 19.1 Å². The fraction of sp³-hybridized carbons (Fsp3) is 0.154. The fourth-order valence-electron chi connectivity index (χ4n) is 1.83. The van der Waals surface area contributed by atoms with E-state index in [1.54, 1.807) is 0 Å². The summed E-state index contributed by atoms with van der Waals surface area (Å²) in [5.41, 5.74) is 5.66. The van der Waals surface area contributed by atoms with Crippen LogP contribution in [0.4, 0.5) is 0 Å². The fourth-order valence-corrected chi connectivity index (χ4v) is 1.83. The number of hydrazine groups is 1. The number of hydrogen-bond donors (Lipinski definition) is 1. The van der Waals surface area contributed by atoms with Crippen LogP contribution >= 0.6 is 0 Å². The summed E-state index contributed by atoms with van der Waals surface area (Å²) >= 11 is 0. The van der Waals surface area contributed by atoms with Gasteiger partial charge < -0.3 is 0 Å². The molecule has 1 atom stereocenters. The molecular weight excluding hydrogens is 198 g/mol. The Morgan fingerprint density at radius 3 is 2.75 bits per heavy atom. The van der Waals surface area contributed by atoms with Gasteiger partial charge in [0, 0.05) is 11.8 Å². The van der Waals surface area contributed by atoms with E-state index in [-0.39, 0.29) is 6.17 Å². The second kappa shape index (κ2) is 3.52. The van der Waals surface area contributed by atoms with Gasteiger partial charge >= 0.3 is 0 Å². The maximum Gasteiger partial charge on any atom is 0.160 e. The first-order valence-electron chi connectivity index (χ1n) is 5.38. The molecule has 0 fully saturated rings. The lowest BCUT2D eigenvalue weighted by Crippen LogP contribution is -2.36. The van der Waals surface area contributed by atoms with Crippen molar-refractivity contribution in [2.24, 2.45) is 4.99 Å². The van der Waals surface area contributed by atoms with Crippen LogP contribution in [0.5, 0.6) is 0 Å². The Kier molecular flexibility index (Phi) is 2.03. The predicted molar refractivity (Wildman–Crippen MR) is 64.8 cm³/mol. The molecule has 0 aliphatic carbocycles. The molecule has 3 heteroatoms. The smallest absolute Gasteiger partial charge is 0.160 e. The van der Waals surface area contributed by atoms with Crippen molar-refractivity contribution < 1.29 is 0 Å². The zero-order chi connectivity index (χ0) is 11.0. The van der Waals surface area contributed by atoms with Crippen molar-refractivity contribution in [3.8, 4) is 0 Å². The lowest BCUT2D eigenvalue weighted by atomic mass is 10.1. The summed E-state index contributed by atoms with van der Waals surface area (Å²) in [6.07, 6.45) is 8.17. The third-order valence-corrected chi connectivity index (χ3v) is 2.75. The van der Waals surface area contributed by atoms with Crippen molar-refractivity contribution in [3.05, 3.63) is 59.8 Å². The van der Waals surface area contributed by atoms with Gasteiger partial charge in [-0.3, -0.25) is 10.4 Å². The van der Waals surface area contributed by atoms with E-state index in [1.165, 1.54) is 5.56 Å². The van der Waals surface area contributed by atoms with Gasteiger partial charge in [-0.15, -0.1) is 0 Å². The van der Waals surface area contributed by atoms with Crippen LogP contribution in [-0.2, 0) is 0 Å². The van der Waals surface area contributed by atoms with Crippen molar-refractivity contribution >= 4 is 5.84 Å². The van der Waals surface area contributed by atoms with Gasteiger partial charge in [0.25, 0.3) is 0 Å². The first kappa shape index (κ1) is 9.21. The minimum Gasteiger partial charge on any atom is -0.280 e. The minimum atomic E-state index is 0.0984. The third kappa shape index (κ3) is 1.50. The number of nitrogens with zero attached hydrogens (tertiary/aromatic N) is 2. The van der Waals surface area contributed by atoms with Crippen LogP contribution in [0.25, 0.3) is 0 Å². The molecule has 3 rings (SSSR count). The van der Waals surface area contributed by atoms with Crippen LogP contribution in [0.15, 0.2) is 53.7 Å². The highest BCUT2D eigenvalue weighted by Gasteiger charge is 2.22. The van der Waals surface area contributed by atoms with Gasteiger partial charge in [-0.2, -0.15) is 0 Å². The molecular formula is C13H13N3. The number of fused-ring (bicyclic) bond motifs is 1. The standard InChI is InChI=1S/C13H13N3/c1-10-5-7-11(8-6-10)13-14-12-4-2-3-9-16(12)15-13/h2-9,12H,1H3,(H,14,15). The zero-order valence-electron chi connectivity index (χ0n) is 9.09. The molecule has 1 aromatic carbocycles. The molecule has 80 valence electrons. The van der Waals surface area contributed by atoms with Crippen LogP contribution in [0.2, 0.25) is 0 Å². The third-order valence-electron chi connectivity index (χ3n) is 2.75. The average molecular weight is 211 g/mol. The van der Waals surface area contributed by atoms with Crippen LogP contribution in [0.1, 0.15) is 11.1 Å². The topological polar surface area (TPSA) is 27.6 Å². The van der Waals surface area contributed by atoms with E-state index in [2.05, 4.69) is 47.7 Å². The molecule has 3 nitrogen and oxygen atoms in total. The Hall–Kier alpha value is -2.03. The van der Waals surface area contributed by atoms with Gasteiger partial charge in [0.15, 0.2) is 6.17 Å². The molecule has 0 aromatic heterocycles. The van der Waals surface area contributed by atoms with E-state index in [4.69, 9.17) is 0 Å². The van der Waals surface area contributed by atoms with Crippen LogP contribution < -0.4 is 5.43 Å². The molecule has 2 heterocycles. The van der Waals surface area contributed by atoms with Gasteiger partial charge in [0.1, 0.15) is 5.84 Å². The zero-order valence-corrected chi connectivity index (χ0v) is 9.09. The first-order chi connectivity index (χ1) is 7.83. The number of rotatable bonds is 1. The number of benzene rings is 1. The number of hydrogen-bond acceptors (Lipinski definition) is 3. The van der Waals surface area contributed by atoms with Gasteiger partial charge in [-0.1, -0.05) is 35.9 Å². The van der Waals surface area contributed by atoms with E-state index in [0.717, 1.165) is 11.4 Å². The monoisotopic (exact) mass is 211 g/mol. The summed E-state index contributed by atoms with van der Waals surface area (Å²) < 4.78 is 0. The average Bonchev–Trinajstić information content (AvgIpc) is 2.73. The number of amidine groups is 1. The SMILES string of the molecule is Cc1ccc(C2=NC3C=CC=CN3N2)cc1. The molecule has 16 heavy (non-hydrogen) atoms. The molecule has 0 radical (unpaired) electrons. The maximum atomic E-state index is 4.60. The van der Waals surface area contributed by atoms with Gasteiger partial charge in [-0.25, -0.2) is 4.99 Å². The second-order valence-corrected chi connectivity index (χ2v) is 4.00. The molecule has 1 N–H and O–H groups in total. The number of nitrogens with one attached hydrogen (secondary N) is 1. The lowest BCUT2D eigenvalue weighted by molar-refractivity contribution is 0.314. The normalized spacial score (nSPS) is 21.7. The summed E-state index contributed by atoms with van der Waals surface area (Å²) in [4.78, 5) is 4.60.